The van der Waals surface area contributed by atoms with Crippen molar-refractivity contribution in [3.8, 4) is 5.75 Å². The van der Waals surface area contributed by atoms with E-state index in [1.807, 2.05) is 36.1 Å². The third-order valence-electron chi connectivity index (χ3n) is 4.55. The highest BCUT2D eigenvalue weighted by Gasteiger charge is 2.31. The molecule has 29 heavy (non-hydrogen) atoms. The topological polar surface area (TPSA) is 60.4 Å². The van der Waals surface area contributed by atoms with Crippen LogP contribution in [0.1, 0.15) is 6.92 Å². The smallest absolute Gasteiger partial charge is 0.406 e. The molecule has 2 rings (SSSR count). The standard InChI is InChI=1S/C19H28F3N5O2/c1-4-23-18(24-13-17(28)25(2)14-19(20,21)22)27-11-9-26(10-12-27)15-7-5-6-8-16(15)29-3/h5-8H,4,9-14H2,1-3H3,(H,23,24). The second-order valence-electron chi connectivity index (χ2n) is 6.68. The van der Waals surface area contributed by atoms with Crippen molar-refractivity contribution in [2.45, 2.75) is 13.1 Å². The van der Waals surface area contributed by atoms with Crippen LogP contribution in [0.3, 0.4) is 0 Å². The van der Waals surface area contributed by atoms with Gasteiger partial charge in [0, 0.05) is 39.8 Å². The van der Waals surface area contributed by atoms with Crippen molar-refractivity contribution >= 4 is 17.6 Å². The zero-order valence-electron chi connectivity index (χ0n) is 17.0. The van der Waals surface area contributed by atoms with E-state index in [1.54, 1.807) is 7.11 Å². The highest BCUT2D eigenvalue weighted by molar-refractivity contribution is 5.85. The first-order valence-electron chi connectivity index (χ1n) is 9.47. The van der Waals surface area contributed by atoms with Crippen molar-refractivity contribution in [2.24, 2.45) is 4.99 Å². The van der Waals surface area contributed by atoms with Gasteiger partial charge in [-0.1, -0.05) is 12.1 Å². The number of hydrogen-bond donors (Lipinski definition) is 1. The monoisotopic (exact) mass is 415 g/mol. The number of ether oxygens (including phenoxy) is 1. The van der Waals surface area contributed by atoms with Crippen LogP contribution in [0.2, 0.25) is 0 Å². The molecule has 162 valence electrons. The van der Waals surface area contributed by atoms with Gasteiger partial charge in [-0.05, 0) is 19.1 Å². The zero-order valence-corrected chi connectivity index (χ0v) is 17.0. The summed E-state index contributed by atoms with van der Waals surface area (Å²) in [4.78, 5) is 21.1. The molecule has 0 atom stereocenters. The second-order valence-corrected chi connectivity index (χ2v) is 6.68. The molecule has 1 aliphatic rings. The average Bonchev–Trinajstić information content (AvgIpc) is 2.69. The molecule has 1 aliphatic heterocycles. The fourth-order valence-electron chi connectivity index (χ4n) is 3.10. The van der Waals surface area contributed by atoms with Crippen LogP contribution in [0.25, 0.3) is 0 Å². The number of nitrogens with one attached hydrogen (secondary N) is 1. The SMILES string of the molecule is CCNC(=NCC(=O)N(C)CC(F)(F)F)N1CCN(c2ccccc2OC)CC1. The molecule has 10 heteroatoms. The number of carbonyl (C=O) groups is 1. The van der Waals surface area contributed by atoms with Crippen LogP contribution in [-0.4, -0.2) is 87.8 Å². The quantitative estimate of drug-likeness (QED) is 0.567. The molecule has 1 amide bonds. The Morgan fingerprint density at radius 3 is 2.48 bits per heavy atom. The minimum atomic E-state index is -4.42. The maximum absolute atomic E-state index is 12.4. The van der Waals surface area contributed by atoms with Crippen molar-refractivity contribution in [2.75, 3.05) is 64.9 Å². The molecule has 0 saturated carbocycles. The number of piperazine rings is 1. The number of rotatable bonds is 6. The summed E-state index contributed by atoms with van der Waals surface area (Å²) in [6.07, 6.45) is -4.42. The number of para-hydroxylation sites is 2. The molecule has 0 aliphatic carbocycles. The number of aliphatic imine (C=N–C) groups is 1. The Labute approximate surface area is 169 Å². The largest absolute Gasteiger partial charge is 0.495 e. The molecule has 1 N–H and O–H groups in total. The highest BCUT2D eigenvalue weighted by Crippen LogP contribution is 2.28. The van der Waals surface area contributed by atoms with Gasteiger partial charge in [0.15, 0.2) is 5.96 Å². The number of hydrogen-bond acceptors (Lipinski definition) is 4. The van der Waals surface area contributed by atoms with Gasteiger partial charge in [-0.25, -0.2) is 4.99 Å². The lowest BCUT2D eigenvalue weighted by molar-refractivity contribution is -0.157. The molecule has 7 nitrogen and oxygen atoms in total. The van der Waals surface area contributed by atoms with Crippen LogP contribution >= 0.6 is 0 Å². The van der Waals surface area contributed by atoms with Crippen molar-refractivity contribution in [1.29, 1.82) is 0 Å². The molecule has 1 heterocycles. The van der Waals surface area contributed by atoms with Crippen molar-refractivity contribution in [1.82, 2.24) is 15.1 Å². The summed E-state index contributed by atoms with van der Waals surface area (Å²) < 4.78 is 42.8. The van der Waals surface area contributed by atoms with E-state index >= 15 is 0 Å². The Hall–Kier alpha value is -2.65. The van der Waals surface area contributed by atoms with E-state index in [0.717, 1.165) is 31.6 Å². The zero-order chi connectivity index (χ0) is 21.4. The van der Waals surface area contributed by atoms with Gasteiger partial charge in [0.2, 0.25) is 5.91 Å². The van der Waals surface area contributed by atoms with E-state index in [-0.39, 0.29) is 6.54 Å². The molecule has 0 unspecified atom stereocenters. The summed E-state index contributed by atoms with van der Waals surface area (Å²) in [5, 5.41) is 3.11. The molecule has 1 saturated heterocycles. The molecule has 0 radical (unpaired) electrons. The van der Waals surface area contributed by atoms with Crippen LogP contribution in [-0.2, 0) is 4.79 Å². The van der Waals surface area contributed by atoms with E-state index in [4.69, 9.17) is 4.74 Å². The van der Waals surface area contributed by atoms with E-state index < -0.39 is 18.6 Å². The minimum Gasteiger partial charge on any atom is -0.495 e. The number of anilines is 1. The Bertz CT molecular complexity index is 703. The first kappa shape index (κ1) is 22.6. The Morgan fingerprint density at radius 1 is 1.24 bits per heavy atom. The first-order valence-corrected chi connectivity index (χ1v) is 9.47. The normalized spacial score (nSPS) is 15.3. The van der Waals surface area contributed by atoms with Crippen LogP contribution in [0.5, 0.6) is 5.75 Å². The highest BCUT2D eigenvalue weighted by atomic mass is 19.4. The van der Waals surface area contributed by atoms with Crippen molar-refractivity contribution in [3.05, 3.63) is 24.3 Å². The lowest BCUT2D eigenvalue weighted by Crippen LogP contribution is -2.53. The fourth-order valence-corrected chi connectivity index (χ4v) is 3.10. The number of likely N-dealkylation sites (N-methyl/N-ethyl adjacent to an activating group) is 1. The number of methoxy groups -OCH3 is 1. The van der Waals surface area contributed by atoms with Gasteiger partial charge in [0.1, 0.15) is 18.8 Å². The van der Waals surface area contributed by atoms with Crippen molar-refractivity contribution in [3.63, 3.8) is 0 Å². The van der Waals surface area contributed by atoms with Crippen LogP contribution in [0.4, 0.5) is 18.9 Å². The lowest BCUT2D eigenvalue weighted by atomic mass is 10.2. The van der Waals surface area contributed by atoms with Crippen LogP contribution < -0.4 is 15.0 Å². The number of alkyl halides is 3. The first-order chi connectivity index (χ1) is 13.7. The van der Waals surface area contributed by atoms with Crippen LogP contribution in [0, 0.1) is 0 Å². The third kappa shape index (κ3) is 6.72. The van der Waals surface area contributed by atoms with Crippen LogP contribution in [0.15, 0.2) is 29.3 Å². The van der Waals surface area contributed by atoms with E-state index in [9.17, 15) is 18.0 Å². The number of halogens is 3. The van der Waals surface area contributed by atoms with Crippen molar-refractivity contribution < 1.29 is 22.7 Å². The fraction of sp³-hybridized carbons (Fsp3) is 0.579. The van der Waals surface area contributed by atoms with Gasteiger partial charge in [-0.3, -0.25) is 4.79 Å². The molecular weight excluding hydrogens is 387 g/mol. The third-order valence-corrected chi connectivity index (χ3v) is 4.55. The molecule has 1 aromatic carbocycles. The van der Waals surface area contributed by atoms with Gasteiger partial charge in [-0.15, -0.1) is 0 Å². The molecule has 1 aromatic rings. The summed E-state index contributed by atoms with van der Waals surface area (Å²) >= 11 is 0. The molecule has 1 fully saturated rings. The second kappa shape index (κ2) is 10.2. The summed E-state index contributed by atoms with van der Waals surface area (Å²) in [5.74, 6) is 0.658. The number of nitrogens with zero attached hydrogens (tertiary/aromatic N) is 4. The Morgan fingerprint density at radius 2 is 1.90 bits per heavy atom. The predicted octanol–water partition coefficient (Wildman–Crippen LogP) is 1.80. The minimum absolute atomic E-state index is 0.332. The molecule has 0 spiro atoms. The summed E-state index contributed by atoms with van der Waals surface area (Å²) in [5.41, 5.74) is 1.01. The number of amides is 1. The average molecular weight is 415 g/mol. The van der Waals surface area contributed by atoms with E-state index in [1.165, 1.54) is 0 Å². The van der Waals surface area contributed by atoms with Gasteiger partial charge < -0.3 is 24.8 Å². The number of carbonyl (C=O) groups excluding carboxylic acids is 1. The van der Waals surface area contributed by atoms with Gasteiger partial charge in [0.25, 0.3) is 0 Å². The predicted molar refractivity (Wildman–Crippen MR) is 106 cm³/mol. The van der Waals surface area contributed by atoms with E-state index in [2.05, 4.69) is 15.2 Å². The Balaban J connectivity index is 1.98. The Kier molecular flexibility index (Phi) is 7.98. The van der Waals surface area contributed by atoms with Gasteiger partial charge in [0.05, 0.1) is 12.8 Å². The summed E-state index contributed by atoms with van der Waals surface area (Å²) in [7, 11) is 2.77. The van der Waals surface area contributed by atoms with E-state index in [0.29, 0.717) is 30.5 Å². The maximum Gasteiger partial charge on any atom is 0.406 e. The molecule has 0 bridgehead atoms. The molecular formula is C19H28F3N5O2. The van der Waals surface area contributed by atoms with Gasteiger partial charge in [-0.2, -0.15) is 13.2 Å². The molecule has 0 aromatic heterocycles. The maximum atomic E-state index is 12.4. The van der Waals surface area contributed by atoms with Gasteiger partial charge >= 0.3 is 6.18 Å². The summed E-state index contributed by atoms with van der Waals surface area (Å²) in [6.45, 7) is 3.67. The number of benzene rings is 1. The summed E-state index contributed by atoms with van der Waals surface area (Å²) in [6, 6.07) is 7.79. The lowest BCUT2D eigenvalue weighted by Gasteiger charge is -2.38. The number of guanidine groups is 1.